The fraction of sp³-hybridized carbons (Fsp3) is 0.308. The molecule has 0 N–H and O–H groups in total. The van der Waals surface area contributed by atoms with E-state index >= 15 is 0 Å². The van der Waals surface area contributed by atoms with Gasteiger partial charge in [0.15, 0.2) is 0 Å². The van der Waals surface area contributed by atoms with Crippen LogP contribution in [0.3, 0.4) is 0 Å². The zero-order valence-corrected chi connectivity index (χ0v) is 8.52. The molecule has 0 unspecified atom stereocenters. The molecule has 0 aromatic heterocycles. The van der Waals surface area contributed by atoms with Crippen LogP contribution in [0.2, 0.25) is 0 Å². The maximum Gasteiger partial charge on any atom is 0.0167 e. The smallest absolute Gasteiger partial charge is 0.0167 e. The van der Waals surface area contributed by atoms with Crippen molar-refractivity contribution in [2.24, 2.45) is 0 Å². The highest BCUT2D eigenvalue weighted by Gasteiger charge is 2.15. The van der Waals surface area contributed by atoms with Crippen LogP contribution in [0.25, 0.3) is 6.08 Å². The average Bonchev–Trinajstić information content (AvgIpc) is 2.56. The van der Waals surface area contributed by atoms with Crippen LogP contribution in [-0.4, -0.2) is 0 Å². The second kappa shape index (κ2) is 3.02. The van der Waals surface area contributed by atoms with Crippen molar-refractivity contribution in [1.29, 1.82) is 0 Å². The molecule has 1 radical (unpaired) electrons. The number of aryl methyl sites for hydroxylation is 2. The third kappa shape index (κ3) is 1.31. The quantitative estimate of drug-likeness (QED) is 0.605. The molecule has 0 nitrogen and oxygen atoms in total. The third-order valence-electron chi connectivity index (χ3n) is 2.79. The molecule has 0 heterocycles. The minimum atomic E-state index is 1.13. The fourth-order valence-electron chi connectivity index (χ4n) is 1.85. The zero-order valence-electron chi connectivity index (χ0n) is 8.52. The maximum absolute atomic E-state index is 2.32. The van der Waals surface area contributed by atoms with Gasteiger partial charge in [-0.15, -0.1) is 0 Å². The summed E-state index contributed by atoms with van der Waals surface area (Å²) in [6.07, 6.45) is 5.77. The van der Waals surface area contributed by atoms with E-state index in [0.717, 1.165) is 6.42 Å². The molecular weight excluding hydrogens is 156 g/mol. The van der Waals surface area contributed by atoms with Crippen LogP contribution < -0.4 is 0 Å². The highest BCUT2D eigenvalue weighted by Crippen LogP contribution is 2.32. The van der Waals surface area contributed by atoms with E-state index in [-0.39, 0.29) is 0 Å². The first-order chi connectivity index (χ1) is 6.22. The molecule has 13 heavy (non-hydrogen) atoms. The van der Waals surface area contributed by atoms with Crippen molar-refractivity contribution in [1.82, 2.24) is 0 Å². The molecule has 0 atom stereocenters. The van der Waals surface area contributed by atoms with Gasteiger partial charge in [-0.2, -0.15) is 0 Å². The Morgan fingerprint density at radius 3 is 2.15 bits per heavy atom. The lowest BCUT2D eigenvalue weighted by atomic mass is 9.99. The largest absolute Gasteiger partial charge is 0.0616 e. The molecule has 67 valence electrons. The highest BCUT2D eigenvalue weighted by atomic mass is 14.2. The number of allylic oxidation sites excluding steroid dienone is 1. The monoisotopic (exact) mass is 171 g/mol. The predicted molar refractivity (Wildman–Crippen MR) is 57.6 cm³/mol. The highest BCUT2D eigenvalue weighted by molar-refractivity contribution is 5.73. The van der Waals surface area contributed by atoms with Gasteiger partial charge < -0.3 is 0 Å². The lowest BCUT2D eigenvalue weighted by Gasteiger charge is -2.05. The predicted octanol–water partition coefficient (Wildman–Crippen LogP) is 3.66. The lowest BCUT2D eigenvalue weighted by Crippen LogP contribution is -1.89. The molecule has 0 aliphatic heterocycles. The van der Waals surface area contributed by atoms with Crippen LogP contribution in [-0.2, 0) is 0 Å². The normalized spacial score (nSPS) is 14.2. The van der Waals surface area contributed by atoms with Gasteiger partial charge in [0.05, 0.1) is 0 Å². The summed E-state index contributed by atoms with van der Waals surface area (Å²) in [4.78, 5) is 0. The summed E-state index contributed by atoms with van der Waals surface area (Å²) < 4.78 is 0. The molecule has 0 heteroatoms. The molecule has 2 rings (SSSR count). The summed E-state index contributed by atoms with van der Waals surface area (Å²) in [7, 11) is 0. The van der Waals surface area contributed by atoms with E-state index in [1.165, 1.54) is 27.8 Å². The molecule has 0 fully saturated rings. The molecule has 0 spiro atoms. The summed E-state index contributed by atoms with van der Waals surface area (Å²) in [6.45, 7) is 6.57. The van der Waals surface area contributed by atoms with Crippen molar-refractivity contribution in [3.05, 3.63) is 46.4 Å². The summed E-state index contributed by atoms with van der Waals surface area (Å²) in [6, 6.07) is 4.41. The van der Waals surface area contributed by atoms with Gasteiger partial charge in [0.1, 0.15) is 0 Å². The Balaban J connectivity index is 2.54. The molecular formula is C13H15. The molecule has 1 aromatic carbocycles. The Morgan fingerprint density at radius 2 is 1.62 bits per heavy atom. The van der Waals surface area contributed by atoms with Gasteiger partial charge in [0.25, 0.3) is 0 Å². The molecule has 0 bridgehead atoms. The van der Waals surface area contributed by atoms with Crippen molar-refractivity contribution < 1.29 is 0 Å². The average molecular weight is 171 g/mol. The van der Waals surface area contributed by atoms with Gasteiger partial charge in [-0.25, -0.2) is 0 Å². The first-order valence-corrected chi connectivity index (χ1v) is 4.88. The second-order valence-electron chi connectivity index (χ2n) is 3.74. The molecule has 1 aromatic rings. The van der Waals surface area contributed by atoms with E-state index < -0.39 is 0 Å². The standard InChI is InChI=1S/C13H15/c1-4-11-7-12-9(2)5-6-10(3)13(12)8-11/h5-8H,4H2,1-3H3. The van der Waals surface area contributed by atoms with Crippen molar-refractivity contribution in [3.63, 3.8) is 0 Å². The van der Waals surface area contributed by atoms with Gasteiger partial charge in [-0.3, -0.25) is 0 Å². The number of fused-ring (bicyclic) bond motifs is 1. The van der Waals surface area contributed by atoms with Crippen LogP contribution in [0.5, 0.6) is 0 Å². The SMILES string of the molecule is CCC1=Cc2c(C)ccc(C)c2[CH]1. The van der Waals surface area contributed by atoms with Crippen LogP contribution in [0.4, 0.5) is 0 Å². The summed E-state index contributed by atoms with van der Waals surface area (Å²) >= 11 is 0. The Hall–Kier alpha value is -1.04. The van der Waals surface area contributed by atoms with Crippen LogP contribution >= 0.6 is 0 Å². The number of hydrogen-bond donors (Lipinski definition) is 0. The minimum absolute atomic E-state index is 1.13. The van der Waals surface area contributed by atoms with Crippen LogP contribution in [0.15, 0.2) is 17.7 Å². The number of hydrogen-bond acceptors (Lipinski definition) is 0. The van der Waals surface area contributed by atoms with E-state index in [1.54, 1.807) is 0 Å². The minimum Gasteiger partial charge on any atom is -0.0616 e. The molecule has 0 saturated heterocycles. The van der Waals surface area contributed by atoms with Crippen molar-refractivity contribution in [2.45, 2.75) is 27.2 Å². The zero-order chi connectivity index (χ0) is 9.42. The second-order valence-corrected chi connectivity index (χ2v) is 3.74. The maximum atomic E-state index is 2.32. The summed E-state index contributed by atoms with van der Waals surface area (Å²) in [5.41, 5.74) is 7.08. The van der Waals surface area contributed by atoms with E-state index in [9.17, 15) is 0 Å². The van der Waals surface area contributed by atoms with Crippen LogP contribution in [0, 0.1) is 20.3 Å². The van der Waals surface area contributed by atoms with Gasteiger partial charge in [0.2, 0.25) is 0 Å². The van der Waals surface area contributed by atoms with E-state index in [2.05, 4.69) is 45.4 Å². The third-order valence-corrected chi connectivity index (χ3v) is 2.79. The Labute approximate surface area is 80.3 Å². The Morgan fingerprint density at radius 1 is 1.00 bits per heavy atom. The topological polar surface area (TPSA) is 0 Å². The first-order valence-electron chi connectivity index (χ1n) is 4.88. The summed E-state index contributed by atoms with van der Waals surface area (Å²) in [5, 5.41) is 0. The van der Waals surface area contributed by atoms with Gasteiger partial charge in [0, 0.05) is 6.42 Å². The Bertz CT molecular complexity index is 370. The lowest BCUT2D eigenvalue weighted by molar-refractivity contribution is 1.14. The van der Waals surface area contributed by atoms with E-state index in [0.29, 0.717) is 0 Å². The van der Waals surface area contributed by atoms with E-state index in [1.807, 2.05) is 0 Å². The van der Waals surface area contributed by atoms with E-state index in [4.69, 9.17) is 0 Å². The fourth-order valence-corrected chi connectivity index (χ4v) is 1.85. The van der Waals surface area contributed by atoms with Gasteiger partial charge in [-0.05, 0) is 42.5 Å². The molecule has 1 aliphatic rings. The first kappa shape index (κ1) is 8.55. The van der Waals surface area contributed by atoms with Gasteiger partial charge >= 0.3 is 0 Å². The molecule has 0 saturated carbocycles. The summed E-state index contributed by atoms with van der Waals surface area (Å²) in [5.74, 6) is 0. The van der Waals surface area contributed by atoms with Crippen molar-refractivity contribution in [2.75, 3.05) is 0 Å². The molecule has 1 aliphatic carbocycles. The van der Waals surface area contributed by atoms with Crippen molar-refractivity contribution in [3.8, 4) is 0 Å². The number of benzene rings is 1. The molecule has 0 amide bonds. The van der Waals surface area contributed by atoms with Crippen molar-refractivity contribution >= 4 is 6.08 Å². The Kier molecular flexibility index (Phi) is 1.99. The number of rotatable bonds is 1. The van der Waals surface area contributed by atoms with Gasteiger partial charge in [-0.1, -0.05) is 30.7 Å². The van der Waals surface area contributed by atoms with Crippen LogP contribution in [0.1, 0.15) is 35.6 Å².